The van der Waals surface area contributed by atoms with Gasteiger partial charge in [0, 0.05) is 14.5 Å². The topological polar surface area (TPSA) is 59.0 Å². The molecule has 2 aromatic rings. The standard InChI is InChI=1S/C23H17Br3N2O3/c24-16-5-4-15(17(25)9-16)11-31-19-6-1-12(7-18(19)26)10-27-28-22(29)20-13-2-3-14(8-13)21(20)23(28)30/h1-7,9-10,13-14,20-21H,8,11H2/t13-,14-,20-,21+/m0/s1. The molecule has 5 nitrogen and oxygen atoms in total. The van der Waals surface area contributed by atoms with E-state index in [2.05, 4.69) is 65.0 Å². The summed E-state index contributed by atoms with van der Waals surface area (Å²) in [4.78, 5) is 25.4. The van der Waals surface area contributed by atoms with Crippen LogP contribution in [0.3, 0.4) is 0 Å². The molecule has 2 amide bonds. The Morgan fingerprint density at radius 2 is 1.68 bits per heavy atom. The molecule has 4 atom stereocenters. The lowest BCUT2D eigenvalue weighted by molar-refractivity contribution is -0.140. The fourth-order valence-corrected chi connectivity index (χ4v) is 6.31. The van der Waals surface area contributed by atoms with E-state index in [1.54, 1.807) is 6.21 Å². The number of hydrogen-bond donors (Lipinski definition) is 0. The number of hydrogen-bond acceptors (Lipinski definition) is 4. The maximum Gasteiger partial charge on any atom is 0.254 e. The van der Waals surface area contributed by atoms with Gasteiger partial charge in [-0.15, -0.1) is 0 Å². The minimum absolute atomic E-state index is 0.179. The van der Waals surface area contributed by atoms with Gasteiger partial charge >= 0.3 is 0 Å². The van der Waals surface area contributed by atoms with E-state index in [0.29, 0.717) is 12.4 Å². The molecule has 1 saturated heterocycles. The first kappa shape index (κ1) is 21.1. The van der Waals surface area contributed by atoms with Gasteiger partial charge in [-0.2, -0.15) is 10.1 Å². The summed E-state index contributed by atoms with van der Waals surface area (Å²) in [5.41, 5.74) is 1.80. The van der Waals surface area contributed by atoms with E-state index in [-0.39, 0.29) is 35.5 Å². The number of halogens is 3. The maximum absolute atomic E-state index is 12.7. The Morgan fingerprint density at radius 3 is 2.32 bits per heavy atom. The van der Waals surface area contributed by atoms with Crippen molar-refractivity contribution in [3.8, 4) is 5.75 Å². The van der Waals surface area contributed by atoms with Crippen molar-refractivity contribution in [2.75, 3.05) is 0 Å². The number of hydrazone groups is 1. The molecule has 158 valence electrons. The van der Waals surface area contributed by atoms with Gasteiger partial charge in [-0.1, -0.05) is 50.1 Å². The molecule has 1 aliphatic heterocycles. The van der Waals surface area contributed by atoms with E-state index >= 15 is 0 Å². The van der Waals surface area contributed by atoms with E-state index in [1.165, 1.54) is 0 Å². The van der Waals surface area contributed by atoms with Crippen LogP contribution in [0.25, 0.3) is 0 Å². The Balaban J connectivity index is 1.27. The normalized spacial score (nSPS) is 26.4. The predicted octanol–water partition coefficient (Wildman–Crippen LogP) is 5.69. The van der Waals surface area contributed by atoms with Crippen molar-refractivity contribution in [1.29, 1.82) is 0 Å². The highest BCUT2D eigenvalue weighted by Gasteiger charge is 2.59. The number of carbonyl (C=O) groups is 2. The molecular weight excluding hydrogens is 592 g/mol. The number of imide groups is 1. The average Bonchev–Trinajstić information content (AvgIpc) is 3.41. The number of nitrogens with zero attached hydrogens (tertiary/aromatic N) is 2. The first-order chi connectivity index (χ1) is 14.9. The van der Waals surface area contributed by atoms with Gasteiger partial charge in [0.05, 0.1) is 22.5 Å². The summed E-state index contributed by atoms with van der Waals surface area (Å²) in [6.07, 6.45) is 6.61. The zero-order valence-electron chi connectivity index (χ0n) is 16.2. The van der Waals surface area contributed by atoms with E-state index < -0.39 is 0 Å². The van der Waals surface area contributed by atoms with Gasteiger partial charge in [0.1, 0.15) is 12.4 Å². The summed E-state index contributed by atoms with van der Waals surface area (Å²) in [7, 11) is 0. The van der Waals surface area contributed by atoms with Crippen LogP contribution in [0.15, 0.2) is 67.1 Å². The van der Waals surface area contributed by atoms with Gasteiger partial charge in [-0.25, -0.2) is 0 Å². The molecule has 8 heteroatoms. The Kier molecular flexibility index (Phi) is 5.65. The average molecular weight is 609 g/mol. The Labute approximate surface area is 204 Å². The van der Waals surface area contributed by atoms with Crippen molar-refractivity contribution < 1.29 is 14.3 Å². The van der Waals surface area contributed by atoms with Crippen LogP contribution in [-0.2, 0) is 16.2 Å². The predicted molar refractivity (Wildman–Crippen MR) is 127 cm³/mol. The minimum Gasteiger partial charge on any atom is -0.488 e. The number of benzene rings is 2. The highest BCUT2D eigenvalue weighted by atomic mass is 79.9. The van der Waals surface area contributed by atoms with Crippen molar-refractivity contribution in [1.82, 2.24) is 5.01 Å². The number of rotatable bonds is 5. The second-order valence-corrected chi connectivity index (χ2v) is 10.6. The van der Waals surface area contributed by atoms with Gasteiger partial charge in [0.25, 0.3) is 11.8 Å². The summed E-state index contributed by atoms with van der Waals surface area (Å²) >= 11 is 10.5. The first-order valence-electron chi connectivity index (χ1n) is 9.89. The number of fused-ring (bicyclic) bond motifs is 5. The lowest BCUT2D eigenvalue weighted by Crippen LogP contribution is -2.28. The van der Waals surface area contributed by atoms with Crippen molar-refractivity contribution >= 4 is 65.8 Å². The van der Waals surface area contributed by atoms with Crippen LogP contribution in [0.2, 0.25) is 0 Å². The van der Waals surface area contributed by atoms with Gasteiger partial charge in [0.2, 0.25) is 0 Å². The first-order valence-corrected chi connectivity index (χ1v) is 12.3. The zero-order chi connectivity index (χ0) is 21.7. The molecule has 0 spiro atoms. The number of carbonyl (C=O) groups excluding carboxylic acids is 2. The summed E-state index contributed by atoms with van der Waals surface area (Å²) in [5, 5.41) is 5.29. The lowest BCUT2D eigenvalue weighted by Gasteiger charge is -2.13. The third-order valence-corrected chi connectivity index (χ3v) is 7.97. The molecule has 31 heavy (non-hydrogen) atoms. The smallest absolute Gasteiger partial charge is 0.254 e. The number of ether oxygens (including phenoxy) is 1. The molecular formula is C23H17Br3N2O3. The van der Waals surface area contributed by atoms with Crippen molar-refractivity contribution in [2.24, 2.45) is 28.8 Å². The SMILES string of the molecule is O=C1[C@@H]2[C@H](C(=O)N1N=Cc1ccc(OCc3ccc(Br)cc3Br)c(Br)c1)[C@H]1C=C[C@H]2C1. The third kappa shape index (κ3) is 3.83. The van der Waals surface area contributed by atoms with Crippen molar-refractivity contribution in [2.45, 2.75) is 13.0 Å². The van der Waals surface area contributed by atoms with Crippen LogP contribution < -0.4 is 4.74 Å². The summed E-state index contributed by atoms with van der Waals surface area (Å²) in [6.45, 7) is 0.413. The van der Waals surface area contributed by atoms with Crippen molar-refractivity contribution in [3.05, 3.63) is 73.1 Å². The Hall–Kier alpha value is -1.77. The summed E-state index contributed by atoms with van der Waals surface area (Å²) in [6, 6.07) is 11.5. The minimum atomic E-state index is -0.236. The maximum atomic E-state index is 12.7. The summed E-state index contributed by atoms with van der Waals surface area (Å²) in [5.74, 6) is 0.230. The Bertz CT molecular complexity index is 1120. The fraction of sp³-hybridized carbons (Fsp3) is 0.261. The van der Waals surface area contributed by atoms with E-state index in [9.17, 15) is 9.59 Å². The molecule has 5 rings (SSSR count). The van der Waals surface area contributed by atoms with Gasteiger partial charge < -0.3 is 4.74 Å². The van der Waals surface area contributed by atoms with E-state index in [1.807, 2.05) is 36.4 Å². The number of amides is 2. The molecule has 3 aliphatic rings. The largest absolute Gasteiger partial charge is 0.488 e. The summed E-state index contributed by atoms with van der Waals surface area (Å²) < 4.78 is 8.66. The molecule has 0 N–H and O–H groups in total. The molecule has 0 unspecified atom stereocenters. The van der Waals surface area contributed by atoms with E-state index in [0.717, 1.165) is 36.0 Å². The van der Waals surface area contributed by atoms with Crippen LogP contribution in [0.1, 0.15) is 17.5 Å². The van der Waals surface area contributed by atoms with Crippen LogP contribution in [-0.4, -0.2) is 23.0 Å². The second kappa shape index (κ2) is 8.30. The molecule has 2 aromatic carbocycles. The molecule has 2 fully saturated rings. The molecule has 1 saturated carbocycles. The molecule has 1 heterocycles. The van der Waals surface area contributed by atoms with Crippen LogP contribution in [0, 0.1) is 23.7 Å². The highest BCUT2D eigenvalue weighted by Crippen LogP contribution is 2.52. The highest BCUT2D eigenvalue weighted by molar-refractivity contribution is 9.11. The van der Waals surface area contributed by atoms with Crippen LogP contribution >= 0.6 is 47.8 Å². The van der Waals surface area contributed by atoms with Crippen LogP contribution in [0.5, 0.6) is 5.75 Å². The zero-order valence-corrected chi connectivity index (χ0v) is 20.9. The quantitative estimate of drug-likeness (QED) is 0.249. The molecule has 0 aromatic heterocycles. The molecule has 2 aliphatic carbocycles. The van der Waals surface area contributed by atoms with Crippen LogP contribution in [0.4, 0.5) is 0 Å². The third-order valence-electron chi connectivity index (χ3n) is 6.12. The number of allylic oxidation sites excluding steroid dienone is 2. The molecule has 0 radical (unpaired) electrons. The molecule has 2 bridgehead atoms. The second-order valence-electron chi connectivity index (χ2n) is 7.95. The van der Waals surface area contributed by atoms with E-state index in [4.69, 9.17) is 4.74 Å². The fourth-order valence-electron chi connectivity index (χ4n) is 4.63. The van der Waals surface area contributed by atoms with Gasteiger partial charge in [0.15, 0.2) is 0 Å². The van der Waals surface area contributed by atoms with Gasteiger partial charge in [-0.3, -0.25) is 9.59 Å². The Morgan fingerprint density at radius 1 is 0.968 bits per heavy atom. The van der Waals surface area contributed by atoms with Gasteiger partial charge in [-0.05, 0) is 70.1 Å². The van der Waals surface area contributed by atoms with Crippen molar-refractivity contribution in [3.63, 3.8) is 0 Å². The lowest BCUT2D eigenvalue weighted by atomic mass is 9.85. The monoisotopic (exact) mass is 606 g/mol.